The number of amides is 1. The van der Waals surface area contributed by atoms with Crippen molar-refractivity contribution in [1.82, 2.24) is 19.4 Å². The van der Waals surface area contributed by atoms with Gasteiger partial charge in [0, 0.05) is 34.9 Å². The molecule has 0 radical (unpaired) electrons. The van der Waals surface area contributed by atoms with Crippen LogP contribution in [0.2, 0.25) is 0 Å². The highest BCUT2D eigenvalue weighted by atomic mass is 32.1. The van der Waals surface area contributed by atoms with Crippen LogP contribution in [-0.4, -0.2) is 50.1 Å². The third-order valence-corrected chi connectivity index (χ3v) is 7.36. The summed E-state index contributed by atoms with van der Waals surface area (Å²) in [5, 5.41) is 9.29. The number of hydrogen-bond donors (Lipinski definition) is 1. The van der Waals surface area contributed by atoms with Gasteiger partial charge in [-0.25, -0.2) is 14.8 Å². The van der Waals surface area contributed by atoms with Gasteiger partial charge in [0.25, 0.3) is 0 Å². The number of carboxylic acid groups (broad SMARTS) is 1. The van der Waals surface area contributed by atoms with Crippen LogP contribution in [-0.2, 0) is 36.9 Å². The predicted octanol–water partition coefficient (Wildman–Crippen LogP) is 4.39. The molecule has 0 spiro atoms. The number of benzene rings is 1. The Bertz CT molecular complexity index is 1510. The minimum Gasteiger partial charge on any atom is -0.496 e. The van der Waals surface area contributed by atoms with Crippen LogP contribution in [0.15, 0.2) is 42.7 Å². The molecule has 1 amide bonds. The number of aromatic carboxylic acids is 1. The summed E-state index contributed by atoms with van der Waals surface area (Å²) in [6, 6.07) is 8.28. The van der Waals surface area contributed by atoms with E-state index in [1.165, 1.54) is 19.4 Å². The summed E-state index contributed by atoms with van der Waals surface area (Å²) in [6.45, 7) is 0.912. The zero-order valence-corrected chi connectivity index (χ0v) is 20.4. The second-order valence-corrected chi connectivity index (χ2v) is 9.71. The minimum atomic E-state index is -4.51. The number of thiazole rings is 1. The third kappa shape index (κ3) is 4.76. The summed E-state index contributed by atoms with van der Waals surface area (Å²) in [4.78, 5) is 34.7. The number of ether oxygens (including phenoxy) is 1. The molecule has 0 bridgehead atoms. The zero-order valence-electron chi connectivity index (χ0n) is 19.6. The number of pyridine rings is 1. The average molecular weight is 531 g/mol. The first-order valence-electron chi connectivity index (χ1n) is 11.3. The smallest absolute Gasteiger partial charge is 0.443 e. The number of carbonyl (C=O) groups excluding carboxylic acids is 1. The molecule has 0 atom stereocenters. The Balaban J connectivity index is 1.42. The van der Waals surface area contributed by atoms with Gasteiger partial charge in [0.05, 0.1) is 26.6 Å². The van der Waals surface area contributed by atoms with Crippen molar-refractivity contribution in [1.29, 1.82) is 0 Å². The van der Waals surface area contributed by atoms with Gasteiger partial charge < -0.3 is 19.3 Å². The van der Waals surface area contributed by atoms with Crippen LogP contribution in [0.5, 0.6) is 5.75 Å². The molecule has 0 unspecified atom stereocenters. The summed E-state index contributed by atoms with van der Waals surface area (Å²) in [5.74, 6) is -1.10. The number of carbonyl (C=O) groups is 2. The highest BCUT2D eigenvalue weighted by Gasteiger charge is 2.35. The second kappa shape index (κ2) is 9.51. The normalized spacial score (nSPS) is 13.6. The number of fused-ring (bicyclic) bond motifs is 3. The number of carboxylic acids is 1. The molecule has 0 saturated carbocycles. The molecule has 1 aliphatic heterocycles. The third-order valence-electron chi connectivity index (χ3n) is 6.33. The van der Waals surface area contributed by atoms with Gasteiger partial charge in [0.2, 0.25) is 5.91 Å². The number of rotatable bonds is 6. The van der Waals surface area contributed by atoms with Crippen LogP contribution >= 0.6 is 11.3 Å². The molecule has 0 aliphatic carbocycles. The first-order chi connectivity index (χ1) is 17.7. The molecule has 0 saturated heterocycles. The molecular formula is C25H21F3N4O4S. The van der Waals surface area contributed by atoms with Gasteiger partial charge in [-0.2, -0.15) is 13.2 Å². The molecule has 37 heavy (non-hydrogen) atoms. The van der Waals surface area contributed by atoms with Crippen LogP contribution in [0.25, 0.3) is 11.0 Å². The Labute approximate surface area is 212 Å². The van der Waals surface area contributed by atoms with E-state index in [0.717, 1.165) is 16.6 Å². The number of alkyl halides is 3. The average Bonchev–Trinajstić information content (AvgIpc) is 3.47. The van der Waals surface area contributed by atoms with Crippen molar-refractivity contribution in [3.05, 3.63) is 75.0 Å². The fourth-order valence-corrected chi connectivity index (χ4v) is 5.39. The molecule has 1 aromatic carbocycles. The molecule has 1 N–H and O–H groups in total. The van der Waals surface area contributed by atoms with E-state index in [0.29, 0.717) is 40.4 Å². The lowest BCUT2D eigenvalue weighted by atomic mass is 10.0. The van der Waals surface area contributed by atoms with Crippen molar-refractivity contribution in [2.75, 3.05) is 13.7 Å². The first kappa shape index (κ1) is 24.8. The topological polar surface area (TPSA) is 97.5 Å². The first-order valence-corrected chi connectivity index (χ1v) is 12.1. The molecule has 8 nitrogen and oxygen atoms in total. The van der Waals surface area contributed by atoms with Crippen molar-refractivity contribution in [2.45, 2.75) is 32.1 Å². The SMILES string of the molecule is COc1cc(CC(=O)N2CCc3c(n(Cc4cnc(C(F)(F)F)s4)c4ncccc34)C2)ccc1C(=O)O. The number of methoxy groups -OCH3 is 1. The van der Waals surface area contributed by atoms with Crippen molar-refractivity contribution in [3.8, 4) is 5.75 Å². The van der Waals surface area contributed by atoms with Gasteiger partial charge in [-0.05, 0) is 41.8 Å². The number of hydrogen-bond acceptors (Lipinski definition) is 6. The highest BCUT2D eigenvalue weighted by Crippen LogP contribution is 2.35. The zero-order chi connectivity index (χ0) is 26.3. The van der Waals surface area contributed by atoms with E-state index in [-0.39, 0.29) is 36.7 Å². The fraction of sp³-hybridized carbons (Fsp3) is 0.280. The lowest BCUT2D eigenvalue weighted by Gasteiger charge is -2.28. The minimum absolute atomic E-state index is 0.00933. The van der Waals surface area contributed by atoms with Gasteiger partial charge in [-0.3, -0.25) is 4.79 Å². The van der Waals surface area contributed by atoms with E-state index >= 15 is 0 Å². The van der Waals surface area contributed by atoms with Crippen molar-refractivity contribution in [2.24, 2.45) is 0 Å². The van der Waals surface area contributed by atoms with Gasteiger partial charge in [0.1, 0.15) is 17.0 Å². The summed E-state index contributed by atoms with van der Waals surface area (Å²) in [6.07, 6.45) is -1.01. The Kier molecular flexibility index (Phi) is 6.36. The number of aromatic nitrogens is 3. The largest absolute Gasteiger partial charge is 0.496 e. The molecular weight excluding hydrogens is 509 g/mol. The molecule has 1 aliphatic rings. The lowest BCUT2D eigenvalue weighted by Crippen LogP contribution is -2.37. The van der Waals surface area contributed by atoms with Crippen LogP contribution < -0.4 is 4.74 Å². The second-order valence-electron chi connectivity index (χ2n) is 8.60. The Hall–Kier alpha value is -3.93. The maximum Gasteiger partial charge on any atom is 0.443 e. The van der Waals surface area contributed by atoms with E-state index in [2.05, 4.69) is 9.97 Å². The number of halogens is 3. The molecule has 12 heteroatoms. The van der Waals surface area contributed by atoms with Crippen LogP contribution in [0.1, 0.15) is 37.1 Å². The van der Waals surface area contributed by atoms with E-state index < -0.39 is 17.2 Å². The summed E-state index contributed by atoms with van der Waals surface area (Å²) in [5.41, 5.74) is 3.13. The van der Waals surface area contributed by atoms with E-state index in [1.54, 1.807) is 23.2 Å². The fourth-order valence-electron chi connectivity index (χ4n) is 4.62. The van der Waals surface area contributed by atoms with E-state index in [1.807, 2.05) is 16.7 Å². The van der Waals surface area contributed by atoms with Gasteiger partial charge in [0.15, 0.2) is 5.01 Å². The molecule has 192 valence electrons. The monoisotopic (exact) mass is 530 g/mol. The van der Waals surface area contributed by atoms with Gasteiger partial charge in [-0.1, -0.05) is 6.07 Å². The van der Waals surface area contributed by atoms with Crippen LogP contribution in [0.4, 0.5) is 13.2 Å². The maximum atomic E-state index is 13.2. The van der Waals surface area contributed by atoms with Crippen molar-refractivity contribution >= 4 is 34.2 Å². The van der Waals surface area contributed by atoms with Crippen LogP contribution in [0.3, 0.4) is 0 Å². The van der Waals surface area contributed by atoms with Crippen molar-refractivity contribution < 1.29 is 32.6 Å². The summed E-state index contributed by atoms with van der Waals surface area (Å²) in [7, 11) is 1.37. The molecule has 5 rings (SSSR count). The van der Waals surface area contributed by atoms with Crippen LogP contribution in [0, 0.1) is 0 Å². The predicted molar refractivity (Wildman–Crippen MR) is 129 cm³/mol. The van der Waals surface area contributed by atoms with E-state index in [4.69, 9.17) is 4.74 Å². The summed E-state index contributed by atoms with van der Waals surface area (Å²) < 4.78 is 46.3. The van der Waals surface area contributed by atoms with Gasteiger partial charge >= 0.3 is 12.1 Å². The van der Waals surface area contributed by atoms with E-state index in [9.17, 15) is 27.9 Å². The Morgan fingerprint density at radius 2 is 2.03 bits per heavy atom. The summed E-state index contributed by atoms with van der Waals surface area (Å²) >= 11 is 0.594. The molecule has 4 aromatic rings. The maximum absolute atomic E-state index is 13.2. The van der Waals surface area contributed by atoms with Crippen molar-refractivity contribution in [3.63, 3.8) is 0 Å². The Morgan fingerprint density at radius 3 is 2.73 bits per heavy atom. The quantitative estimate of drug-likeness (QED) is 0.397. The molecule has 0 fully saturated rings. The van der Waals surface area contributed by atoms with Gasteiger partial charge in [-0.15, -0.1) is 11.3 Å². The standard InChI is InChI=1S/C25H21F3N4O4S/c1-36-20-9-14(4-5-18(20)23(34)35)10-21(33)31-8-6-16-17-3-2-7-29-22(17)32(19(16)13-31)12-15-11-30-24(37-15)25(26,27)28/h2-5,7,9,11H,6,8,10,12-13H2,1H3,(H,34,35). The lowest BCUT2D eigenvalue weighted by molar-refractivity contribution is -0.137. The highest BCUT2D eigenvalue weighted by molar-refractivity contribution is 7.11. The Morgan fingerprint density at radius 1 is 1.22 bits per heavy atom. The molecule has 3 aromatic heterocycles. The number of nitrogens with zero attached hydrogens (tertiary/aromatic N) is 4. The molecule has 4 heterocycles.